The van der Waals surface area contributed by atoms with E-state index in [2.05, 4.69) is 15.3 Å². The number of amides is 2. The van der Waals surface area contributed by atoms with Gasteiger partial charge in [-0.3, -0.25) is 19.5 Å². The minimum atomic E-state index is -0.255. The Morgan fingerprint density at radius 1 is 1.26 bits per heavy atom. The standard InChI is InChI=1S/C19H16N4O3S/c24-18-11-26-16-6-2-1-5-15(16)23(18)10-17-22-14(12-27-17)19(25)21-9-13-4-3-7-20-8-13/h1-8,12H,9-11H2,(H,21,25). The van der Waals surface area contributed by atoms with Crippen molar-refractivity contribution in [3.8, 4) is 5.75 Å². The molecule has 3 heterocycles. The molecule has 0 saturated heterocycles. The Labute approximate surface area is 159 Å². The number of benzene rings is 1. The van der Waals surface area contributed by atoms with Crippen molar-refractivity contribution in [1.29, 1.82) is 0 Å². The van der Waals surface area contributed by atoms with E-state index in [1.54, 1.807) is 22.7 Å². The van der Waals surface area contributed by atoms with E-state index in [-0.39, 0.29) is 18.4 Å². The van der Waals surface area contributed by atoms with Gasteiger partial charge in [0.05, 0.1) is 12.2 Å². The van der Waals surface area contributed by atoms with E-state index in [1.807, 2.05) is 36.4 Å². The van der Waals surface area contributed by atoms with Crippen LogP contribution in [-0.2, 0) is 17.9 Å². The second-order valence-corrected chi connectivity index (χ2v) is 6.85. The topological polar surface area (TPSA) is 84.4 Å². The molecule has 3 aromatic rings. The number of carbonyl (C=O) groups is 2. The molecule has 2 aromatic heterocycles. The highest BCUT2D eigenvalue weighted by molar-refractivity contribution is 7.09. The van der Waals surface area contributed by atoms with E-state index in [9.17, 15) is 9.59 Å². The van der Waals surface area contributed by atoms with Crippen molar-refractivity contribution in [2.45, 2.75) is 13.1 Å². The molecule has 0 unspecified atom stereocenters. The van der Waals surface area contributed by atoms with Gasteiger partial charge in [-0.2, -0.15) is 0 Å². The van der Waals surface area contributed by atoms with Gasteiger partial charge >= 0.3 is 0 Å². The van der Waals surface area contributed by atoms with Gasteiger partial charge in [0.25, 0.3) is 11.8 Å². The van der Waals surface area contributed by atoms with E-state index >= 15 is 0 Å². The minimum absolute atomic E-state index is 0.000836. The monoisotopic (exact) mass is 380 g/mol. The largest absolute Gasteiger partial charge is 0.482 e. The van der Waals surface area contributed by atoms with Crippen molar-refractivity contribution in [3.05, 3.63) is 70.4 Å². The van der Waals surface area contributed by atoms with Crippen LogP contribution in [0.15, 0.2) is 54.2 Å². The number of hydrogen-bond acceptors (Lipinski definition) is 6. The first-order chi connectivity index (χ1) is 13.2. The average molecular weight is 380 g/mol. The van der Waals surface area contributed by atoms with Crippen molar-refractivity contribution >= 4 is 28.8 Å². The molecule has 0 spiro atoms. The molecular weight excluding hydrogens is 364 g/mol. The Bertz CT molecular complexity index is 974. The fraction of sp³-hybridized carbons (Fsp3) is 0.158. The third kappa shape index (κ3) is 3.80. The van der Waals surface area contributed by atoms with Crippen LogP contribution >= 0.6 is 11.3 Å². The Morgan fingerprint density at radius 2 is 2.15 bits per heavy atom. The van der Waals surface area contributed by atoms with Crippen molar-refractivity contribution in [3.63, 3.8) is 0 Å². The van der Waals surface area contributed by atoms with Crippen molar-refractivity contribution in [1.82, 2.24) is 15.3 Å². The number of thiazole rings is 1. The van der Waals surface area contributed by atoms with Gasteiger partial charge in [-0.15, -0.1) is 11.3 Å². The molecule has 7 nitrogen and oxygen atoms in total. The average Bonchev–Trinajstić information content (AvgIpc) is 3.18. The van der Waals surface area contributed by atoms with Crippen molar-refractivity contribution in [2.75, 3.05) is 11.5 Å². The maximum atomic E-state index is 12.3. The number of fused-ring (bicyclic) bond motifs is 1. The first-order valence-electron chi connectivity index (χ1n) is 8.34. The van der Waals surface area contributed by atoms with Gasteiger partial charge in [0, 0.05) is 24.3 Å². The number of anilines is 1. The fourth-order valence-corrected chi connectivity index (χ4v) is 3.49. The lowest BCUT2D eigenvalue weighted by molar-refractivity contribution is -0.121. The summed E-state index contributed by atoms with van der Waals surface area (Å²) in [6, 6.07) is 11.1. The first kappa shape index (κ1) is 17.2. The predicted molar refractivity (Wildman–Crippen MR) is 101 cm³/mol. The molecule has 0 fully saturated rings. The summed E-state index contributed by atoms with van der Waals surface area (Å²) in [5.74, 6) is 0.282. The zero-order valence-corrected chi connectivity index (χ0v) is 15.1. The highest BCUT2D eigenvalue weighted by Gasteiger charge is 2.26. The van der Waals surface area contributed by atoms with Gasteiger partial charge in [-0.1, -0.05) is 18.2 Å². The number of pyridine rings is 1. The molecule has 0 bridgehead atoms. The Morgan fingerprint density at radius 3 is 3.00 bits per heavy atom. The maximum Gasteiger partial charge on any atom is 0.271 e. The number of nitrogens with zero attached hydrogens (tertiary/aromatic N) is 3. The molecule has 0 atom stereocenters. The highest BCUT2D eigenvalue weighted by atomic mass is 32.1. The summed E-state index contributed by atoms with van der Waals surface area (Å²) in [5.41, 5.74) is 1.97. The molecule has 0 aliphatic carbocycles. The van der Waals surface area contributed by atoms with Crippen LogP contribution in [0, 0.1) is 0 Å². The lowest BCUT2D eigenvalue weighted by Gasteiger charge is -2.28. The van der Waals surface area contributed by atoms with Crippen LogP contribution in [0.3, 0.4) is 0 Å². The molecule has 0 saturated carbocycles. The molecular formula is C19H16N4O3S. The zero-order chi connectivity index (χ0) is 18.6. The van der Waals surface area contributed by atoms with Crippen LogP contribution in [0.2, 0.25) is 0 Å². The molecule has 4 rings (SSSR count). The smallest absolute Gasteiger partial charge is 0.271 e. The zero-order valence-electron chi connectivity index (χ0n) is 14.3. The molecule has 27 heavy (non-hydrogen) atoms. The molecule has 8 heteroatoms. The summed E-state index contributed by atoms with van der Waals surface area (Å²) in [5, 5.41) is 5.21. The highest BCUT2D eigenvalue weighted by Crippen LogP contribution is 2.32. The number of carbonyl (C=O) groups excluding carboxylic acids is 2. The number of nitrogens with one attached hydrogen (secondary N) is 1. The molecule has 0 radical (unpaired) electrons. The van der Waals surface area contributed by atoms with E-state index in [4.69, 9.17) is 4.74 Å². The number of hydrogen-bond donors (Lipinski definition) is 1. The van der Waals surface area contributed by atoms with E-state index in [1.165, 1.54) is 11.3 Å². The lowest BCUT2D eigenvalue weighted by atomic mass is 10.2. The van der Waals surface area contributed by atoms with Crippen molar-refractivity contribution < 1.29 is 14.3 Å². The van der Waals surface area contributed by atoms with Gasteiger partial charge in [0.15, 0.2) is 6.61 Å². The third-order valence-electron chi connectivity index (χ3n) is 4.06. The molecule has 1 aromatic carbocycles. The number of ether oxygens (including phenoxy) is 1. The summed E-state index contributed by atoms with van der Waals surface area (Å²) in [6.45, 7) is 0.690. The second-order valence-electron chi connectivity index (χ2n) is 5.91. The van der Waals surface area contributed by atoms with Crippen LogP contribution in [0.4, 0.5) is 5.69 Å². The SMILES string of the molecule is O=C(NCc1cccnc1)c1csc(CN2C(=O)COc3ccccc32)n1. The normalized spacial score (nSPS) is 13.0. The summed E-state index contributed by atoms with van der Waals surface area (Å²) in [6.07, 6.45) is 3.39. The third-order valence-corrected chi connectivity index (χ3v) is 4.90. The summed E-state index contributed by atoms with van der Waals surface area (Å²) < 4.78 is 5.44. The minimum Gasteiger partial charge on any atom is -0.482 e. The van der Waals surface area contributed by atoms with Crippen molar-refractivity contribution in [2.24, 2.45) is 0 Å². The Kier molecular flexibility index (Phi) is 4.80. The van der Waals surface area contributed by atoms with Crippen LogP contribution in [-0.4, -0.2) is 28.4 Å². The number of rotatable bonds is 5. The van der Waals surface area contributed by atoms with Gasteiger partial charge in [-0.05, 0) is 23.8 Å². The van der Waals surface area contributed by atoms with Gasteiger partial charge in [-0.25, -0.2) is 4.98 Å². The van der Waals surface area contributed by atoms with E-state index < -0.39 is 0 Å². The van der Waals surface area contributed by atoms with Crippen LogP contribution in [0.1, 0.15) is 21.1 Å². The molecule has 1 aliphatic rings. The van der Waals surface area contributed by atoms with Gasteiger partial charge in [0.1, 0.15) is 16.5 Å². The van der Waals surface area contributed by atoms with Crippen LogP contribution in [0.5, 0.6) is 5.75 Å². The number of aromatic nitrogens is 2. The van der Waals surface area contributed by atoms with Crippen LogP contribution in [0.25, 0.3) is 0 Å². The predicted octanol–water partition coefficient (Wildman–Crippen LogP) is 2.39. The summed E-state index contributed by atoms with van der Waals surface area (Å²) >= 11 is 1.35. The Balaban J connectivity index is 1.44. The summed E-state index contributed by atoms with van der Waals surface area (Å²) in [7, 11) is 0. The maximum absolute atomic E-state index is 12.3. The molecule has 2 amide bonds. The lowest BCUT2D eigenvalue weighted by Crippen LogP contribution is -2.38. The number of para-hydroxylation sites is 2. The first-order valence-corrected chi connectivity index (χ1v) is 9.22. The molecule has 1 N–H and O–H groups in total. The van der Waals surface area contributed by atoms with Gasteiger partial charge < -0.3 is 10.1 Å². The van der Waals surface area contributed by atoms with E-state index in [0.717, 1.165) is 5.56 Å². The fourth-order valence-electron chi connectivity index (χ4n) is 2.73. The molecule has 1 aliphatic heterocycles. The van der Waals surface area contributed by atoms with Gasteiger partial charge in [0.2, 0.25) is 0 Å². The second kappa shape index (κ2) is 7.55. The van der Waals surface area contributed by atoms with E-state index in [0.29, 0.717) is 35.2 Å². The van der Waals surface area contributed by atoms with Crippen LogP contribution < -0.4 is 15.0 Å². The summed E-state index contributed by atoms with van der Waals surface area (Å²) in [4.78, 5) is 34.6. The Hall–Kier alpha value is -3.26. The quantitative estimate of drug-likeness (QED) is 0.735. The molecule has 136 valence electrons.